The van der Waals surface area contributed by atoms with Crippen LogP contribution in [0.5, 0.6) is 0 Å². The van der Waals surface area contributed by atoms with Crippen LogP contribution in [0.25, 0.3) is 0 Å². The molecular formula is C27H38O5Si. The van der Waals surface area contributed by atoms with Crippen molar-refractivity contribution in [1.82, 2.24) is 0 Å². The summed E-state index contributed by atoms with van der Waals surface area (Å²) in [5, 5.41) is 0. The third-order valence-electron chi connectivity index (χ3n) is 8.78. The molecule has 4 rings (SSSR count). The first-order valence-corrected chi connectivity index (χ1v) is 15.7. The molecule has 0 amide bonds. The maximum absolute atomic E-state index is 13.8. The number of ether oxygens (including phenoxy) is 1. The lowest BCUT2D eigenvalue weighted by molar-refractivity contribution is -0.163. The molecular weight excluding hydrogens is 432 g/mol. The van der Waals surface area contributed by atoms with Crippen LogP contribution in [0.3, 0.4) is 0 Å². The summed E-state index contributed by atoms with van der Waals surface area (Å²) in [4.78, 5) is 37.4. The standard InChI is InChI=1S/C27H38O5Si/c1-17-14-23-21-9-8-19-15-20(29)10-12-25(19,3)22(21)11-13-26(23,4)27(17,32-33(5,6)7)24(30)16-31-18(2)28/h10-12,15,17,21,23H,8-9,13-14,16H2,1-7H3/t17-,21?,23?,25+,26+,27+/m1/s1. The van der Waals surface area contributed by atoms with Crippen molar-refractivity contribution in [3.05, 3.63) is 35.5 Å². The molecule has 6 heteroatoms. The van der Waals surface area contributed by atoms with Crippen molar-refractivity contribution in [2.24, 2.45) is 28.6 Å². The molecule has 0 bridgehead atoms. The Kier molecular flexibility index (Phi) is 5.81. The first-order chi connectivity index (χ1) is 15.2. The van der Waals surface area contributed by atoms with E-state index >= 15 is 0 Å². The van der Waals surface area contributed by atoms with Crippen molar-refractivity contribution >= 4 is 25.9 Å². The van der Waals surface area contributed by atoms with E-state index in [1.54, 1.807) is 6.08 Å². The lowest BCUT2D eigenvalue weighted by Crippen LogP contribution is -2.62. The molecule has 5 nitrogen and oxygen atoms in total. The highest BCUT2D eigenvalue weighted by atomic mass is 28.4. The Morgan fingerprint density at radius 1 is 1.21 bits per heavy atom. The second-order valence-electron chi connectivity index (χ2n) is 11.9. The predicted molar refractivity (Wildman–Crippen MR) is 130 cm³/mol. The summed E-state index contributed by atoms with van der Waals surface area (Å²) in [5.41, 5.74) is 1.06. The van der Waals surface area contributed by atoms with E-state index in [1.807, 2.05) is 6.08 Å². The highest BCUT2D eigenvalue weighted by Crippen LogP contribution is 2.67. The summed E-state index contributed by atoms with van der Waals surface area (Å²) in [6, 6.07) is 0. The lowest BCUT2D eigenvalue weighted by atomic mass is 9.51. The first-order valence-electron chi connectivity index (χ1n) is 12.3. The third kappa shape index (κ3) is 3.64. The number of carbonyl (C=O) groups is 3. The van der Waals surface area contributed by atoms with Crippen LogP contribution in [-0.4, -0.2) is 38.1 Å². The average molecular weight is 471 g/mol. The highest BCUT2D eigenvalue weighted by molar-refractivity contribution is 6.70. The van der Waals surface area contributed by atoms with E-state index in [0.29, 0.717) is 11.8 Å². The number of allylic oxidation sites excluding steroid dienone is 6. The molecule has 0 aromatic rings. The number of Topliss-reactive ketones (excluding diaryl/α,β-unsaturated/α-hetero) is 1. The van der Waals surface area contributed by atoms with Gasteiger partial charge in [-0.25, -0.2) is 0 Å². The smallest absolute Gasteiger partial charge is 0.303 e. The molecule has 0 radical (unpaired) electrons. The van der Waals surface area contributed by atoms with Gasteiger partial charge in [0.15, 0.2) is 20.7 Å². The number of fused-ring (bicyclic) bond motifs is 5. The van der Waals surface area contributed by atoms with Gasteiger partial charge in [0.1, 0.15) is 5.60 Å². The van der Waals surface area contributed by atoms with E-state index in [0.717, 1.165) is 25.7 Å². The van der Waals surface area contributed by atoms with Crippen LogP contribution in [0.2, 0.25) is 19.6 Å². The van der Waals surface area contributed by atoms with E-state index < -0.39 is 19.9 Å². The Morgan fingerprint density at radius 3 is 2.55 bits per heavy atom. The lowest BCUT2D eigenvalue weighted by Gasteiger charge is -2.55. The molecule has 0 heterocycles. The van der Waals surface area contributed by atoms with E-state index in [-0.39, 0.29) is 34.9 Å². The molecule has 0 aromatic heterocycles. The van der Waals surface area contributed by atoms with Gasteiger partial charge in [0, 0.05) is 17.8 Å². The quantitative estimate of drug-likeness (QED) is 0.314. The van der Waals surface area contributed by atoms with E-state index in [4.69, 9.17) is 9.16 Å². The zero-order chi connectivity index (χ0) is 24.4. The Morgan fingerprint density at radius 2 is 1.91 bits per heavy atom. The predicted octanol–water partition coefficient (Wildman–Crippen LogP) is 5.18. The molecule has 2 unspecified atom stereocenters. The van der Waals surface area contributed by atoms with Crippen LogP contribution < -0.4 is 0 Å². The number of carbonyl (C=O) groups excluding carboxylic acids is 3. The molecule has 2 saturated carbocycles. The molecule has 2 fully saturated rings. The monoisotopic (exact) mass is 470 g/mol. The van der Waals surface area contributed by atoms with Gasteiger partial charge in [-0.15, -0.1) is 0 Å². The summed E-state index contributed by atoms with van der Waals surface area (Å²) in [5.74, 6) is 0.219. The van der Waals surface area contributed by atoms with Gasteiger partial charge in [0.2, 0.25) is 5.78 Å². The Bertz CT molecular complexity index is 985. The van der Waals surface area contributed by atoms with E-state index in [9.17, 15) is 14.4 Å². The molecule has 180 valence electrons. The van der Waals surface area contributed by atoms with Gasteiger partial charge in [0.05, 0.1) is 0 Å². The number of rotatable bonds is 5. The van der Waals surface area contributed by atoms with Crippen LogP contribution in [0.1, 0.15) is 53.4 Å². The van der Waals surface area contributed by atoms with Crippen molar-refractivity contribution in [3.8, 4) is 0 Å². The fourth-order valence-electron chi connectivity index (χ4n) is 7.48. The van der Waals surface area contributed by atoms with Crippen molar-refractivity contribution < 1.29 is 23.5 Å². The van der Waals surface area contributed by atoms with E-state index in [2.05, 4.69) is 52.6 Å². The summed E-state index contributed by atoms with van der Waals surface area (Å²) in [7, 11) is -2.11. The van der Waals surface area contributed by atoms with E-state index in [1.165, 1.54) is 18.1 Å². The molecule has 33 heavy (non-hydrogen) atoms. The summed E-state index contributed by atoms with van der Waals surface area (Å²) >= 11 is 0. The number of hydrogen-bond donors (Lipinski definition) is 0. The van der Waals surface area contributed by atoms with Gasteiger partial charge in [-0.05, 0) is 82.2 Å². The van der Waals surface area contributed by atoms with Crippen LogP contribution in [0.4, 0.5) is 0 Å². The molecule has 0 N–H and O–H groups in total. The zero-order valence-electron chi connectivity index (χ0n) is 21.1. The van der Waals surface area contributed by atoms with Crippen molar-refractivity contribution in [2.75, 3.05) is 6.61 Å². The van der Waals surface area contributed by atoms with Gasteiger partial charge < -0.3 is 9.16 Å². The molecule has 6 atom stereocenters. The van der Waals surface area contributed by atoms with Crippen LogP contribution in [0, 0.1) is 28.6 Å². The molecule has 4 aliphatic rings. The minimum Gasteiger partial charge on any atom is -0.458 e. The molecule has 0 saturated heterocycles. The van der Waals surface area contributed by atoms with Crippen LogP contribution in [-0.2, 0) is 23.5 Å². The molecule has 4 aliphatic carbocycles. The Labute approximate surface area is 198 Å². The fourth-order valence-corrected chi connectivity index (χ4v) is 8.99. The maximum atomic E-state index is 13.8. The van der Waals surface area contributed by atoms with Gasteiger partial charge >= 0.3 is 5.97 Å². The summed E-state index contributed by atoms with van der Waals surface area (Å²) < 4.78 is 12.1. The second-order valence-corrected chi connectivity index (χ2v) is 16.4. The van der Waals surface area contributed by atoms with Crippen molar-refractivity contribution in [2.45, 2.75) is 78.6 Å². The molecule has 0 aliphatic heterocycles. The Hall–Kier alpha value is -1.79. The Balaban J connectivity index is 1.79. The SMILES string of the molecule is CC(=O)OCC(=O)[C@@]1(O[Si](C)(C)C)[C@H](C)CC2C3CCC4=CC(=O)C=C[C@]4(C)C3=CC[C@@]21C. The minimum atomic E-state index is -2.11. The highest BCUT2D eigenvalue weighted by Gasteiger charge is 2.69. The first kappa shape index (κ1) is 24.3. The third-order valence-corrected chi connectivity index (χ3v) is 9.71. The number of ketones is 2. The van der Waals surface area contributed by atoms with Crippen LogP contribution in [0.15, 0.2) is 35.5 Å². The number of hydrogen-bond acceptors (Lipinski definition) is 5. The molecule has 0 aromatic carbocycles. The number of esters is 1. The van der Waals surface area contributed by atoms with Crippen LogP contribution >= 0.6 is 0 Å². The minimum absolute atomic E-state index is 0.0308. The van der Waals surface area contributed by atoms with Gasteiger partial charge in [-0.2, -0.15) is 0 Å². The average Bonchev–Trinajstić information content (AvgIpc) is 2.93. The largest absolute Gasteiger partial charge is 0.458 e. The van der Waals surface area contributed by atoms with Gasteiger partial charge in [0.25, 0.3) is 0 Å². The second kappa shape index (κ2) is 7.87. The van der Waals surface area contributed by atoms with Crippen molar-refractivity contribution in [3.63, 3.8) is 0 Å². The fraction of sp³-hybridized carbons (Fsp3) is 0.667. The zero-order valence-corrected chi connectivity index (χ0v) is 22.1. The van der Waals surface area contributed by atoms with Gasteiger partial charge in [-0.1, -0.05) is 37.1 Å². The maximum Gasteiger partial charge on any atom is 0.303 e. The topological polar surface area (TPSA) is 69.7 Å². The van der Waals surface area contributed by atoms with Crippen molar-refractivity contribution in [1.29, 1.82) is 0 Å². The van der Waals surface area contributed by atoms with Gasteiger partial charge in [-0.3, -0.25) is 14.4 Å². The normalized spacial score (nSPS) is 39.7. The summed E-state index contributed by atoms with van der Waals surface area (Å²) in [6.07, 6.45) is 11.5. The molecule has 0 spiro atoms. The summed E-state index contributed by atoms with van der Waals surface area (Å²) in [6.45, 7) is 14.1.